The first-order chi connectivity index (χ1) is 30.9. The number of imide groups is 2. The van der Waals surface area contributed by atoms with E-state index >= 15 is 0 Å². The third-order valence-electron chi connectivity index (χ3n) is 11.6. The Bertz CT molecular complexity index is 2910. The molecular formula is C49H42N4O10S. The fourth-order valence-electron chi connectivity index (χ4n) is 8.16. The molecule has 0 aromatic heterocycles. The SMILES string of the molecule is CS(=O)(=O)c1ccc(-c2ccc3cc(OCc4ccccc4)ccc3c2Oc2ccc(OCCN3CCN(c4ccc5c(c4)C(=O)N(C4C(=O)CC(=O)NC4=O)C5=O)CC3)cc2)cc1. The van der Waals surface area contributed by atoms with E-state index in [1.165, 1.54) is 6.26 Å². The maximum Gasteiger partial charge on any atom is 0.262 e. The Morgan fingerprint density at radius 3 is 2.08 bits per heavy atom. The zero-order chi connectivity index (χ0) is 44.5. The molecule has 2 fully saturated rings. The topological polar surface area (TPSA) is 169 Å². The molecule has 0 spiro atoms. The Labute approximate surface area is 368 Å². The highest BCUT2D eigenvalue weighted by molar-refractivity contribution is 7.90. The summed E-state index contributed by atoms with van der Waals surface area (Å²) in [7, 11) is -3.37. The summed E-state index contributed by atoms with van der Waals surface area (Å²) in [5.74, 6) is -1.42. The normalized spacial score (nSPS) is 16.8. The molecule has 64 heavy (non-hydrogen) atoms. The van der Waals surface area contributed by atoms with Crippen LogP contribution in [-0.2, 0) is 30.8 Å². The van der Waals surface area contributed by atoms with Crippen LogP contribution >= 0.6 is 0 Å². The summed E-state index contributed by atoms with van der Waals surface area (Å²) in [6.45, 7) is 4.30. The van der Waals surface area contributed by atoms with Gasteiger partial charge in [-0.1, -0.05) is 48.5 Å². The molecule has 4 amide bonds. The van der Waals surface area contributed by atoms with Crippen molar-refractivity contribution in [1.29, 1.82) is 0 Å². The zero-order valence-electron chi connectivity index (χ0n) is 34.7. The van der Waals surface area contributed by atoms with Gasteiger partial charge in [0.1, 0.15) is 36.2 Å². The third kappa shape index (κ3) is 8.67. The van der Waals surface area contributed by atoms with Crippen molar-refractivity contribution in [3.05, 3.63) is 144 Å². The number of nitrogens with zero attached hydrogens (tertiary/aromatic N) is 3. The van der Waals surface area contributed by atoms with Gasteiger partial charge < -0.3 is 19.1 Å². The number of piperidine rings is 1. The Balaban J connectivity index is 0.823. The number of anilines is 1. The van der Waals surface area contributed by atoms with Crippen molar-refractivity contribution in [2.45, 2.75) is 24.0 Å². The molecule has 1 atom stereocenters. The van der Waals surface area contributed by atoms with Crippen LogP contribution in [0, 0.1) is 0 Å². The van der Waals surface area contributed by atoms with Crippen molar-refractivity contribution in [3.63, 3.8) is 0 Å². The summed E-state index contributed by atoms with van der Waals surface area (Å²) >= 11 is 0. The summed E-state index contributed by atoms with van der Waals surface area (Å²) < 4.78 is 43.2. The molecule has 0 saturated carbocycles. The summed E-state index contributed by atoms with van der Waals surface area (Å²) in [6.07, 6.45) is 0.604. The van der Waals surface area contributed by atoms with Crippen molar-refractivity contribution in [3.8, 4) is 34.1 Å². The van der Waals surface area contributed by atoms with Crippen molar-refractivity contribution < 1.29 is 46.6 Å². The molecule has 6 aromatic carbocycles. The Hall–Kier alpha value is -7.36. The van der Waals surface area contributed by atoms with Gasteiger partial charge in [0.15, 0.2) is 21.7 Å². The number of ketones is 1. The van der Waals surface area contributed by atoms with Crippen molar-refractivity contribution in [2.24, 2.45) is 0 Å². The Morgan fingerprint density at radius 2 is 1.36 bits per heavy atom. The fourth-order valence-corrected chi connectivity index (χ4v) is 8.79. The van der Waals surface area contributed by atoms with E-state index in [2.05, 4.69) is 9.80 Å². The van der Waals surface area contributed by atoms with Gasteiger partial charge in [-0.2, -0.15) is 0 Å². The largest absolute Gasteiger partial charge is 0.492 e. The summed E-state index contributed by atoms with van der Waals surface area (Å²) in [5.41, 5.74) is 3.62. The van der Waals surface area contributed by atoms with Gasteiger partial charge in [-0.3, -0.25) is 39.1 Å². The van der Waals surface area contributed by atoms with E-state index in [0.717, 1.165) is 46.2 Å². The second kappa shape index (κ2) is 17.4. The second-order valence-corrected chi connectivity index (χ2v) is 17.8. The average molecular weight is 879 g/mol. The number of carbonyl (C=O) groups excluding carboxylic acids is 5. The van der Waals surface area contributed by atoms with E-state index in [0.29, 0.717) is 60.7 Å². The van der Waals surface area contributed by atoms with Gasteiger partial charge >= 0.3 is 0 Å². The molecule has 6 aromatic rings. The monoisotopic (exact) mass is 878 g/mol. The molecule has 3 heterocycles. The number of fused-ring (bicyclic) bond motifs is 2. The molecule has 0 aliphatic carbocycles. The second-order valence-electron chi connectivity index (χ2n) is 15.8. The first kappa shape index (κ1) is 42.0. The van der Waals surface area contributed by atoms with E-state index in [1.54, 1.807) is 42.5 Å². The first-order valence-electron chi connectivity index (χ1n) is 20.7. The average Bonchev–Trinajstić information content (AvgIpc) is 3.53. The Kier molecular flexibility index (Phi) is 11.4. The quantitative estimate of drug-likeness (QED) is 0.105. The molecule has 324 valence electrons. The molecule has 0 radical (unpaired) electrons. The van der Waals surface area contributed by atoms with Crippen LogP contribution in [0.5, 0.6) is 23.0 Å². The maximum absolute atomic E-state index is 13.3. The summed E-state index contributed by atoms with van der Waals surface area (Å²) in [4.78, 5) is 68.3. The lowest BCUT2D eigenvalue weighted by atomic mass is 9.99. The van der Waals surface area contributed by atoms with Crippen molar-refractivity contribution >= 4 is 55.7 Å². The van der Waals surface area contributed by atoms with E-state index in [4.69, 9.17) is 14.2 Å². The number of Topliss-reactive ketones (excluding diaryl/α,β-unsaturated/α-hetero) is 1. The minimum absolute atomic E-state index is 0.109. The molecule has 1 N–H and O–H groups in total. The number of carbonyl (C=O) groups is 5. The van der Waals surface area contributed by atoms with Gasteiger partial charge in [-0.15, -0.1) is 0 Å². The predicted molar refractivity (Wildman–Crippen MR) is 237 cm³/mol. The summed E-state index contributed by atoms with van der Waals surface area (Å²) in [5, 5.41) is 3.81. The highest BCUT2D eigenvalue weighted by Crippen LogP contribution is 2.41. The van der Waals surface area contributed by atoms with Crippen LogP contribution in [0.25, 0.3) is 21.9 Å². The third-order valence-corrected chi connectivity index (χ3v) is 12.7. The van der Waals surface area contributed by atoms with Gasteiger partial charge in [0.05, 0.1) is 22.4 Å². The lowest BCUT2D eigenvalue weighted by Gasteiger charge is -2.36. The smallest absolute Gasteiger partial charge is 0.262 e. The van der Waals surface area contributed by atoms with E-state index < -0.39 is 51.7 Å². The number of benzene rings is 6. The number of rotatable bonds is 13. The van der Waals surface area contributed by atoms with Gasteiger partial charge in [-0.25, -0.2) is 8.42 Å². The molecule has 3 aliphatic heterocycles. The molecule has 14 nitrogen and oxygen atoms in total. The van der Waals surface area contributed by atoms with E-state index in [1.807, 2.05) is 90.2 Å². The molecule has 0 bridgehead atoms. The number of sulfone groups is 1. The number of hydrogen-bond donors (Lipinski definition) is 1. The van der Waals surface area contributed by atoms with Gasteiger partial charge in [0, 0.05) is 55.6 Å². The molecule has 2 saturated heterocycles. The number of hydrogen-bond acceptors (Lipinski definition) is 12. The lowest BCUT2D eigenvalue weighted by molar-refractivity contribution is -0.143. The molecule has 1 unspecified atom stereocenters. The van der Waals surface area contributed by atoms with E-state index in [9.17, 15) is 32.4 Å². The minimum Gasteiger partial charge on any atom is -0.492 e. The first-order valence-corrected chi connectivity index (χ1v) is 22.6. The van der Waals surface area contributed by atoms with Crippen molar-refractivity contribution in [2.75, 3.05) is 50.5 Å². The molecule has 3 aliphatic rings. The van der Waals surface area contributed by atoms with E-state index in [-0.39, 0.29) is 16.0 Å². The lowest BCUT2D eigenvalue weighted by Crippen LogP contribution is -2.59. The van der Waals surface area contributed by atoms with Crippen LogP contribution in [0.3, 0.4) is 0 Å². The van der Waals surface area contributed by atoms with Crippen LogP contribution in [0.4, 0.5) is 5.69 Å². The Morgan fingerprint density at radius 1 is 0.672 bits per heavy atom. The predicted octanol–water partition coefficient (Wildman–Crippen LogP) is 6.06. The number of piperazine rings is 1. The van der Waals surface area contributed by atoms with Gasteiger partial charge in [-0.05, 0) is 95.4 Å². The molecule has 9 rings (SSSR count). The van der Waals surface area contributed by atoms with Gasteiger partial charge in [0.25, 0.3) is 17.7 Å². The highest BCUT2D eigenvalue weighted by atomic mass is 32.2. The van der Waals surface area contributed by atoms with Crippen molar-refractivity contribution in [1.82, 2.24) is 15.1 Å². The van der Waals surface area contributed by atoms with Crippen LogP contribution < -0.4 is 24.4 Å². The molecular weight excluding hydrogens is 837 g/mol. The maximum atomic E-state index is 13.3. The minimum atomic E-state index is -3.37. The van der Waals surface area contributed by atoms with Crippen LogP contribution in [0.1, 0.15) is 32.7 Å². The standard InChI is InChI=1S/C49H42N4O10S/c1-64(59,60)38-16-7-32(8-17-38)39-18-9-33-27-37(62-30-31-5-3-2-4-6-31)15-20-40(33)46(39)63-36-13-11-35(12-14-36)61-26-25-51-21-23-52(24-22-51)34-10-19-41-42(28-34)49(58)53(48(41)57)45-43(54)29-44(55)50-47(45)56/h2-20,27-28,45H,21-26,29-30H2,1H3,(H,50,55,56). The fraction of sp³-hybridized carbons (Fsp3) is 0.204. The zero-order valence-corrected chi connectivity index (χ0v) is 35.5. The highest BCUT2D eigenvalue weighted by Gasteiger charge is 2.48. The number of ether oxygens (including phenoxy) is 3. The van der Waals surface area contributed by atoms with Crippen LogP contribution in [-0.4, -0.2) is 99.3 Å². The molecule has 15 heteroatoms. The number of amides is 4. The number of nitrogens with one attached hydrogen (secondary N) is 1. The van der Waals surface area contributed by atoms with Crippen LogP contribution in [0.15, 0.2) is 132 Å². The van der Waals surface area contributed by atoms with Crippen LogP contribution in [0.2, 0.25) is 0 Å². The summed E-state index contributed by atoms with van der Waals surface area (Å²) in [6, 6.07) is 37.2. The van der Waals surface area contributed by atoms with Gasteiger partial charge in [0.2, 0.25) is 5.91 Å².